The molecule has 21 heavy (non-hydrogen) atoms. The minimum Gasteiger partial charge on any atom is -0.492 e. The van der Waals surface area contributed by atoms with Crippen LogP contribution in [0.15, 0.2) is 24.3 Å². The predicted octanol–water partition coefficient (Wildman–Crippen LogP) is 4.91. The number of rotatable bonds is 7. The standard InChI is InChI=1S/C18H28ClNO/c1-3-14-8-5-6-11-17(14)18(20-4-2)13-21-16-10-7-9-15(19)12-16/h7,9-10,12,14,17-18,20H,3-6,8,11,13H2,1-2H3. The molecule has 1 saturated carbocycles. The number of hydrogen-bond acceptors (Lipinski definition) is 2. The zero-order valence-electron chi connectivity index (χ0n) is 13.3. The molecule has 0 aromatic heterocycles. The lowest BCUT2D eigenvalue weighted by Gasteiger charge is -2.37. The van der Waals surface area contributed by atoms with E-state index in [0.29, 0.717) is 6.04 Å². The summed E-state index contributed by atoms with van der Waals surface area (Å²) in [7, 11) is 0. The largest absolute Gasteiger partial charge is 0.492 e. The first kappa shape index (κ1) is 16.6. The van der Waals surface area contributed by atoms with Gasteiger partial charge in [0.25, 0.3) is 0 Å². The highest BCUT2D eigenvalue weighted by molar-refractivity contribution is 6.30. The SMILES string of the molecule is CCNC(COc1cccc(Cl)c1)C1CCCCC1CC. The lowest BCUT2D eigenvalue weighted by Crippen LogP contribution is -2.45. The van der Waals surface area contributed by atoms with Crippen LogP contribution in [0.4, 0.5) is 0 Å². The summed E-state index contributed by atoms with van der Waals surface area (Å²) in [5, 5.41) is 4.38. The molecule has 3 atom stereocenters. The maximum atomic E-state index is 6.02. The molecule has 1 N–H and O–H groups in total. The van der Waals surface area contributed by atoms with Crippen LogP contribution < -0.4 is 10.1 Å². The molecular formula is C18H28ClNO. The van der Waals surface area contributed by atoms with E-state index in [4.69, 9.17) is 16.3 Å². The van der Waals surface area contributed by atoms with E-state index < -0.39 is 0 Å². The van der Waals surface area contributed by atoms with Crippen LogP contribution in [0.1, 0.15) is 46.0 Å². The van der Waals surface area contributed by atoms with Crippen LogP contribution >= 0.6 is 11.6 Å². The molecule has 0 heterocycles. The first-order chi connectivity index (χ1) is 10.2. The Bertz CT molecular complexity index is 423. The summed E-state index contributed by atoms with van der Waals surface area (Å²) in [6.45, 7) is 6.23. The molecule has 2 nitrogen and oxygen atoms in total. The van der Waals surface area contributed by atoms with E-state index in [1.165, 1.54) is 32.1 Å². The summed E-state index contributed by atoms with van der Waals surface area (Å²) in [4.78, 5) is 0. The fourth-order valence-corrected chi connectivity index (χ4v) is 3.79. The normalized spacial score (nSPS) is 23.8. The summed E-state index contributed by atoms with van der Waals surface area (Å²) in [5.41, 5.74) is 0. The zero-order valence-corrected chi connectivity index (χ0v) is 14.0. The van der Waals surface area contributed by atoms with Crippen molar-refractivity contribution in [2.45, 2.75) is 52.0 Å². The highest BCUT2D eigenvalue weighted by Crippen LogP contribution is 2.34. The van der Waals surface area contributed by atoms with Crippen molar-refractivity contribution < 1.29 is 4.74 Å². The van der Waals surface area contributed by atoms with Crippen molar-refractivity contribution in [2.75, 3.05) is 13.2 Å². The van der Waals surface area contributed by atoms with Gasteiger partial charge in [0, 0.05) is 11.1 Å². The highest BCUT2D eigenvalue weighted by Gasteiger charge is 2.30. The fourth-order valence-electron chi connectivity index (χ4n) is 3.61. The van der Waals surface area contributed by atoms with Gasteiger partial charge in [0.05, 0.1) is 0 Å². The van der Waals surface area contributed by atoms with Gasteiger partial charge in [-0.3, -0.25) is 0 Å². The maximum Gasteiger partial charge on any atom is 0.120 e. The van der Waals surface area contributed by atoms with Gasteiger partial charge in [-0.1, -0.05) is 57.2 Å². The number of hydrogen-bond donors (Lipinski definition) is 1. The van der Waals surface area contributed by atoms with E-state index in [9.17, 15) is 0 Å². The van der Waals surface area contributed by atoms with Crippen LogP contribution in [0.3, 0.4) is 0 Å². The zero-order chi connectivity index (χ0) is 15.1. The van der Waals surface area contributed by atoms with Crippen molar-refractivity contribution in [2.24, 2.45) is 11.8 Å². The third-order valence-electron chi connectivity index (χ3n) is 4.70. The number of nitrogens with one attached hydrogen (secondary N) is 1. The Labute approximate surface area is 134 Å². The molecule has 3 heteroatoms. The summed E-state index contributed by atoms with van der Waals surface area (Å²) in [6.07, 6.45) is 6.74. The molecule has 1 aromatic rings. The smallest absolute Gasteiger partial charge is 0.120 e. The van der Waals surface area contributed by atoms with Gasteiger partial charge >= 0.3 is 0 Å². The summed E-state index contributed by atoms with van der Waals surface area (Å²) < 4.78 is 6.00. The van der Waals surface area contributed by atoms with E-state index in [-0.39, 0.29) is 0 Å². The molecule has 2 rings (SSSR count). The molecule has 0 radical (unpaired) electrons. The van der Waals surface area contributed by atoms with E-state index in [0.717, 1.165) is 35.8 Å². The lowest BCUT2D eigenvalue weighted by molar-refractivity contribution is 0.134. The fraction of sp³-hybridized carbons (Fsp3) is 0.667. The Kier molecular flexibility index (Phi) is 6.85. The van der Waals surface area contributed by atoms with Gasteiger partial charge in [-0.15, -0.1) is 0 Å². The molecule has 118 valence electrons. The van der Waals surface area contributed by atoms with E-state index in [1.807, 2.05) is 24.3 Å². The third kappa shape index (κ3) is 4.89. The number of likely N-dealkylation sites (N-methyl/N-ethyl adjacent to an activating group) is 1. The van der Waals surface area contributed by atoms with Crippen molar-refractivity contribution in [3.63, 3.8) is 0 Å². The Hall–Kier alpha value is -0.730. The molecule has 0 amide bonds. The first-order valence-electron chi connectivity index (χ1n) is 8.36. The summed E-state index contributed by atoms with van der Waals surface area (Å²) >= 11 is 6.02. The number of halogens is 1. The Morgan fingerprint density at radius 2 is 2.10 bits per heavy atom. The Morgan fingerprint density at radius 3 is 2.81 bits per heavy atom. The summed E-state index contributed by atoms with van der Waals surface area (Å²) in [6, 6.07) is 8.13. The van der Waals surface area contributed by atoms with Crippen LogP contribution in [0.5, 0.6) is 5.75 Å². The summed E-state index contributed by atoms with van der Waals surface area (Å²) in [5.74, 6) is 2.45. The topological polar surface area (TPSA) is 21.3 Å². The first-order valence-corrected chi connectivity index (χ1v) is 8.74. The number of ether oxygens (including phenoxy) is 1. The van der Waals surface area contributed by atoms with Crippen LogP contribution in [0, 0.1) is 11.8 Å². The Balaban J connectivity index is 1.97. The van der Waals surface area contributed by atoms with Crippen molar-refractivity contribution >= 4 is 11.6 Å². The monoisotopic (exact) mass is 309 g/mol. The van der Waals surface area contributed by atoms with E-state index in [1.54, 1.807) is 0 Å². The molecule has 1 aliphatic carbocycles. The molecule has 1 aromatic carbocycles. The van der Waals surface area contributed by atoms with Gasteiger partial charge in [-0.25, -0.2) is 0 Å². The average Bonchev–Trinajstić information content (AvgIpc) is 2.51. The molecule has 3 unspecified atom stereocenters. The minimum atomic E-state index is 0.444. The second kappa shape index (κ2) is 8.65. The van der Waals surface area contributed by atoms with Gasteiger partial charge in [0.15, 0.2) is 0 Å². The van der Waals surface area contributed by atoms with Crippen molar-refractivity contribution in [1.29, 1.82) is 0 Å². The predicted molar refractivity (Wildman–Crippen MR) is 90.2 cm³/mol. The highest BCUT2D eigenvalue weighted by atomic mass is 35.5. The maximum absolute atomic E-state index is 6.02. The quantitative estimate of drug-likeness (QED) is 0.772. The van der Waals surface area contributed by atoms with Gasteiger partial charge in [-0.2, -0.15) is 0 Å². The van der Waals surface area contributed by atoms with Gasteiger partial charge < -0.3 is 10.1 Å². The van der Waals surface area contributed by atoms with Crippen LogP contribution in [-0.4, -0.2) is 19.2 Å². The average molecular weight is 310 g/mol. The van der Waals surface area contributed by atoms with Gasteiger partial charge in [0.2, 0.25) is 0 Å². The molecule has 0 bridgehead atoms. The van der Waals surface area contributed by atoms with Crippen molar-refractivity contribution in [1.82, 2.24) is 5.32 Å². The molecule has 1 aliphatic rings. The lowest BCUT2D eigenvalue weighted by atomic mass is 9.74. The number of benzene rings is 1. The molecular weight excluding hydrogens is 282 g/mol. The molecule has 0 aliphatic heterocycles. The van der Waals surface area contributed by atoms with E-state index in [2.05, 4.69) is 19.2 Å². The van der Waals surface area contributed by atoms with Crippen LogP contribution in [0.25, 0.3) is 0 Å². The molecule has 0 spiro atoms. The van der Waals surface area contributed by atoms with Crippen molar-refractivity contribution in [3.8, 4) is 5.75 Å². The molecule has 1 fully saturated rings. The van der Waals surface area contributed by atoms with E-state index >= 15 is 0 Å². The Morgan fingerprint density at radius 1 is 1.29 bits per heavy atom. The second-order valence-corrected chi connectivity index (χ2v) is 6.49. The van der Waals surface area contributed by atoms with Gasteiger partial charge in [-0.05, 0) is 43.0 Å². The minimum absolute atomic E-state index is 0.444. The third-order valence-corrected chi connectivity index (χ3v) is 4.94. The van der Waals surface area contributed by atoms with Crippen molar-refractivity contribution in [3.05, 3.63) is 29.3 Å². The van der Waals surface area contributed by atoms with Gasteiger partial charge in [0.1, 0.15) is 12.4 Å². The van der Waals surface area contributed by atoms with Crippen LogP contribution in [0.2, 0.25) is 5.02 Å². The molecule has 0 saturated heterocycles. The second-order valence-electron chi connectivity index (χ2n) is 6.05. The van der Waals surface area contributed by atoms with Crippen LogP contribution in [-0.2, 0) is 0 Å².